The molecule has 3 rings (SSSR count). The molecule has 0 spiro atoms. The summed E-state index contributed by atoms with van der Waals surface area (Å²) in [5.74, 6) is -0.241. The lowest BCUT2D eigenvalue weighted by molar-refractivity contribution is 0.0656. The standard InChI is InChI=1S/C17H16N4O3/c1-11-6-7-14(19-10-11)20-17(24)18-8-9-21-15(22)12-4-2-3-5-13(12)16(21)23/h2-7,10H,8-9H2,1H3,(H2,18,19,20,24). The Balaban J connectivity index is 1.52. The molecule has 7 nitrogen and oxygen atoms in total. The third-order valence-electron chi connectivity index (χ3n) is 3.65. The highest BCUT2D eigenvalue weighted by Gasteiger charge is 2.34. The highest BCUT2D eigenvalue weighted by Crippen LogP contribution is 2.21. The van der Waals surface area contributed by atoms with E-state index in [2.05, 4.69) is 15.6 Å². The first-order valence-electron chi connectivity index (χ1n) is 7.49. The summed E-state index contributed by atoms with van der Waals surface area (Å²) in [6.07, 6.45) is 1.65. The van der Waals surface area contributed by atoms with Crippen LogP contribution in [0.1, 0.15) is 26.3 Å². The summed E-state index contributed by atoms with van der Waals surface area (Å²) in [6.45, 7) is 2.17. The van der Waals surface area contributed by atoms with E-state index in [1.165, 1.54) is 0 Å². The van der Waals surface area contributed by atoms with Gasteiger partial charge in [0, 0.05) is 19.3 Å². The lowest BCUT2D eigenvalue weighted by atomic mass is 10.1. The van der Waals surface area contributed by atoms with Crippen LogP contribution in [0.3, 0.4) is 0 Å². The van der Waals surface area contributed by atoms with Gasteiger partial charge in [-0.1, -0.05) is 18.2 Å². The SMILES string of the molecule is Cc1ccc(NC(=O)NCCN2C(=O)c3ccccc3C2=O)nc1. The molecule has 7 heteroatoms. The summed E-state index contributed by atoms with van der Waals surface area (Å²) in [5, 5.41) is 5.19. The highest BCUT2D eigenvalue weighted by atomic mass is 16.2. The van der Waals surface area contributed by atoms with Gasteiger partial charge in [0.25, 0.3) is 11.8 Å². The number of nitrogens with one attached hydrogen (secondary N) is 2. The van der Waals surface area contributed by atoms with Crippen LogP contribution >= 0.6 is 0 Å². The minimum absolute atomic E-state index is 0.112. The summed E-state index contributed by atoms with van der Waals surface area (Å²) in [5.41, 5.74) is 1.79. The van der Waals surface area contributed by atoms with Crippen LogP contribution in [0, 0.1) is 6.92 Å². The second-order valence-corrected chi connectivity index (χ2v) is 5.41. The Bertz CT molecular complexity index is 767. The zero-order chi connectivity index (χ0) is 17.1. The second kappa shape index (κ2) is 6.49. The van der Waals surface area contributed by atoms with Gasteiger partial charge >= 0.3 is 6.03 Å². The van der Waals surface area contributed by atoms with Crippen LogP contribution in [0.2, 0.25) is 0 Å². The van der Waals surface area contributed by atoms with Crippen LogP contribution in [-0.4, -0.2) is 40.8 Å². The Morgan fingerprint density at radius 3 is 2.33 bits per heavy atom. The molecule has 1 aromatic heterocycles. The van der Waals surface area contributed by atoms with E-state index in [1.54, 1.807) is 36.5 Å². The quantitative estimate of drug-likeness (QED) is 0.839. The Kier molecular flexibility index (Phi) is 4.24. The van der Waals surface area contributed by atoms with Gasteiger partial charge in [-0.25, -0.2) is 9.78 Å². The van der Waals surface area contributed by atoms with Gasteiger partial charge in [0.2, 0.25) is 0 Å². The van der Waals surface area contributed by atoms with Crippen molar-refractivity contribution >= 4 is 23.7 Å². The van der Waals surface area contributed by atoms with E-state index >= 15 is 0 Å². The van der Waals surface area contributed by atoms with Gasteiger partial charge in [-0.2, -0.15) is 0 Å². The Morgan fingerprint density at radius 2 is 1.75 bits per heavy atom. The number of carbonyl (C=O) groups is 3. The number of hydrogen-bond donors (Lipinski definition) is 2. The van der Waals surface area contributed by atoms with Crippen molar-refractivity contribution in [3.63, 3.8) is 0 Å². The summed E-state index contributed by atoms with van der Waals surface area (Å²) < 4.78 is 0. The predicted molar refractivity (Wildman–Crippen MR) is 87.8 cm³/mol. The number of rotatable bonds is 4. The number of imide groups is 1. The van der Waals surface area contributed by atoms with Gasteiger partial charge < -0.3 is 5.32 Å². The number of pyridine rings is 1. The highest BCUT2D eigenvalue weighted by molar-refractivity contribution is 6.21. The molecule has 122 valence electrons. The van der Waals surface area contributed by atoms with Crippen LogP contribution in [0.25, 0.3) is 0 Å². The van der Waals surface area contributed by atoms with Crippen molar-refractivity contribution in [3.8, 4) is 0 Å². The van der Waals surface area contributed by atoms with Crippen molar-refractivity contribution in [1.82, 2.24) is 15.2 Å². The van der Waals surface area contributed by atoms with Crippen molar-refractivity contribution in [1.29, 1.82) is 0 Å². The van der Waals surface area contributed by atoms with E-state index in [0.29, 0.717) is 16.9 Å². The first-order chi connectivity index (χ1) is 11.6. The van der Waals surface area contributed by atoms with Crippen LogP contribution in [-0.2, 0) is 0 Å². The van der Waals surface area contributed by atoms with Crippen molar-refractivity contribution in [3.05, 3.63) is 59.3 Å². The summed E-state index contributed by atoms with van der Waals surface area (Å²) in [7, 11) is 0. The molecule has 1 aromatic carbocycles. The predicted octanol–water partition coefficient (Wildman–Crippen LogP) is 1.81. The third-order valence-corrected chi connectivity index (χ3v) is 3.65. The topological polar surface area (TPSA) is 91.4 Å². The molecule has 0 atom stereocenters. The van der Waals surface area contributed by atoms with Gasteiger partial charge in [0.15, 0.2) is 0 Å². The Hall–Kier alpha value is -3.22. The molecule has 2 heterocycles. The molecule has 24 heavy (non-hydrogen) atoms. The van der Waals surface area contributed by atoms with Gasteiger partial charge in [-0.05, 0) is 30.7 Å². The maximum Gasteiger partial charge on any atom is 0.320 e. The number of carbonyl (C=O) groups excluding carboxylic acids is 3. The van der Waals surface area contributed by atoms with E-state index in [0.717, 1.165) is 10.5 Å². The number of aryl methyl sites for hydroxylation is 1. The van der Waals surface area contributed by atoms with E-state index in [-0.39, 0.29) is 24.9 Å². The fourth-order valence-electron chi connectivity index (χ4n) is 2.43. The molecule has 0 bridgehead atoms. The van der Waals surface area contributed by atoms with Crippen LogP contribution in [0.4, 0.5) is 10.6 Å². The number of nitrogens with zero attached hydrogens (tertiary/aromatic N) is 2. The average Bonchev–Trinajstić information content (AvgIpc) is 2.82. The van der Waals surface area contributed by atoms with Crippen LogP contribution in [0.15, 0.2) is 42.6 Å². The molecule has 0 saturated carbocycles. The van der Waals surface area contributed by atoms with Crippen molar-refractivity contribution in [2.24, 2.45) is 0 Å². The lowest BCUT2D eigenvalue weighted by Crippen LogP contribution is -2.39. The number of benzene rings is 1. The maximum atomic E-state index is 12.2. The van der Waals surface area contributed by atoms with Gasteiger partial charge in [-0.3, -0.25) is 19.8 Å². The maximum absolute atomic E-state index is 12.2. The first-order valence-corrected chi connectivity index (χ1v) is 7.49. The van der Waals surface area contributed by atoms with E-state index in [9.17, 15) is 14.4 Å². The van der Waals surface area contributed by atoms with Crippen molar-refractivity contribution in [2.75, 3.05) is 18.4 Å². The number of fused-ring (bicyclic) bond motifs is 1. The zero-order valence-corrected chi connectivity index (χ0v) is 13.1. The third kappa shape index (κ3) is 3.10. The van der Waals surface area contributed by atoms with Crippen molar-refractivity contribution < 1.29 is 14.4 Å². The molecule has 1 aliphatic heterocycles. The van der Waals surface area contributed by atoms with Crippen LogP contribution in [0.5, 0.6) is 0 Å². The molecule has 0 unspecified atom stereocenters. The number of amides is 4. The lowest BCUT2D eigenvalue weighted by Gasteiger charge is -2.14. The minimum Gasteiger partial charge on any atom is -0.336 e. The molecule has 0 radical (unpaired) electrons. The number of anilines is 1. The molecule has 1 aliphatic rings. The number of aromatic nitrogens is 1. The molecule has 0 fully saturated rings. The van der Waals surface area contributed by atoms with E-state index in [1.807, 2.05) is 13.0 Å². The fraction of sp³-hybridized carbons (Fsp3) is 0.176. The monoisotopic (exact) mass is 324 g/mol. The fourth-order valence-corrected chi connectivity index (χ4v) is 2.43. The minimum atomic E-state index is -0.442. The zero-order valence-electron chi connectivity index (χ0n) is 13.1. The van der Waals surface area contributed by atoms with Crippen molar-refractivity contribution in [2.45, 2.75) is 6.92 Å². The Labute approximate surface area is 138 Å². The molecule has 0 saturated heterocycles. The number of hydrogen-bond acceptors (Lipinski definition) is 4. The Morgan fingerprint density at radius 1 is 1.08 bits per heavy atom. The normalized spacial score (nSPS) is 13.0. The summed E-state index contributed by atoms with van der Waals surface area (Å²) in [6, 6.07) is 9.77. The molecule has 2 N–H and O–H groups in total. The van der Waals surface area contributed by atoms with Crippen LogP contribution < -0.4 is 10.6 Å². The number of urea groups is 1. The first kappa shape index (κ1) is 15.7. The summed E-state index contributed by atoms with van der Waals surface area (Å²) in [4.78, 5) is 41.3. The van der Waals surface area contributed by atoms with Gasteiger partial charge in [0.1, 0.15) is 5.82 Å². The second-order valence-electron chi connectivity index (χ2n) is 5.41. The molecular formula is C17H16N4O3. The summed E-state index contributed by atoms with van der Waals surface area (Å²) >= 11 is 0. The van der Waals surface area contributed by atoms with Gasteiger partial charge in [0.05, 0.1) is 11.1 Å². The molecule has 0 aliphatic carbocycles. The van der Waals surface area contributed by atoms with Gasteiger partial charge in [-0.15, -0.1) is 0 Å². The van der Waals surface area contributed by atoms with E-state index < -0.39 is 6.03 Å². The largest absolute Gasteiger partial charge is 0.336 e. The average molecular weight is 324 g/mol. The molecule has 4 amide bonds. The molecular weight excluding hydrogens is 308 g/mol. The smallest absolute Gasteiger partial charge is 0.320 e. The molecule has 2 aromatic rings. The van der Waals surface area contributed by atoms with E-state index in [4.69, 9.17) is 0 Å².